The lowest BCUT2D eigenvalue weighted by molar-refractivity contribution is 0.601. The summed E-state index contributed by atoms with van der Waals surface area (Å²) in [6, 6.07) is 4.73. The number of sulfonamides is 1. The minimum absolute atomic E-state index is 0.252. The van der Waals surface area contributed by atoms with Crippen molar-refractivity contribution in [1.82, 2.24) is 0 Å². The molecule has 0 radical (unpaired) electrons. The average Bonchev–Trinajstić information content (AvgIpc) is 2.66. The number of nitrogens with one attached hydrogen (secondary N) is 1. The van der Waals surface area contributed by atoms with Crippen molar-refractivity contribution in [2.45, 2.75) is 18.7 Å². The first-order valence-corrected chi connectivity index (χ1v) is 9.02. The fourth-order valence-electron chi connectivity index (χ4n) is 1.71. The normalized spacial score (nSPS) is 11.6. The summed E-state index contributed by atoms with van der Waals surface area (Å²) in [4.78, 5) is 0.963. The van der Waals surface area contributed by atoms with Crippen LogP contribution >= 0.6 is 38.9 Å². The lowest BCUT2D eigenvalue weighted by Gasteiger charge is -2.12. The summed E-state index contributed by atoms with van der Waals surface area (Å²) in [6.07, 6.45) is 0. The van der Waals surface area contributed by atoms with E-state index in [-0.39, 0.29) is 4.90 Å². The number of aryl methyl sites for hydroxylation is 2. The molecule has 0 fully saturated rings. The van der Waals surface area contributed by atoms with Crippen LogP contribution < -0.4 is 10.5 Å². The predicted molar refractivity (Wildman–Crippen MR) is 88.2 cm³/mol. The molecule has 8 heteroatoms. The number of rotatable bonds is 3. The van der Waals surface area contributed by atoms with E-state index in [1.807, 2.05) is 0 Å². The lowest BCUT2D eigenvalue weighted by atomic mass is 10.2. The smallest absolute Gasteiger partial charge is 0.263 e. The number of benzene rings is 1. The Bertz CT molecular complexity index is 772. The molecule has 20 heavy (non-hydrogen) atoms. The molecule has 0 unspecified atom stereocenters. The molecule has 0 bridgehead atoms. The van der Waals surface area contributed by atoms with E-state index >= 15 is 0 Å². The van der Waals surface area contributed by atoms with E-state index in [1.165, 1.54) is 17.4 Å². The Morgan fingerprint density at radius 2 is 1.95 bits per heavy atom. The van der Waals surface area contributed by atoms with E-state index in [0.717, 1.165) is 3.79 Å². The Morgan fingerprint density at radius 1 is 1.30 bits per heavy atom. The highest BCUT2D eigenvalue weighted by molar-refractivity contribution is 9.11. The molecule has 4 nitrogen and oxygen atoms in total. The second kappa shape index (κ2) is 5.55. The van der Waals surface area contributed by atoms with E-state index in [9.17, 15) is 8.42 Å². The van der Waals surface area contributed by atoms with Crippen LogP contribution in [-0.2, 0) is 10.0 Å². The van der Waals surface area contributed by atoms with Gasteiger partial charge in [-0.25, -0.2) is 8.42 Å². The summed E-state index contributed by atoms with van der Waals surface area (Å²) in [5.41, 5.74) is 7.23. The highest BCUT2D eigenvalue weighted by atomic mass is 79.9. The van der Waals surface area contributed by atoms with Crippen molar-refractivity contribution >= 4 is 60.3 Å². The Labute approximate surface area is 135 Å². The number of anilines is 2. The molecule has 1 aromatic heterocycles. The fraction of sp³-hybridized carbons (Fsp3) is 0.167. The zero-order valence-corrected chi connectivity index (χ0v) is 14.7. The second-order valence-electron chi connectivity index (χ2n) is 4.27. The van der Waals surface area contributed by atoms with Gasteiger partial charge >= 0.3 is 0 Å². The van der Waals surface area contributed by atoms with Crippen LogP contribution in [0.25, 0.3) is 0 Å². The molecule has 0 aliphatic rings. The maximum atomic E-state index is 12.4. The van der Waals surface area contributed by atoms with Gasteiger partial charge in [0, 0.05) is 4.88 Å². The summed E-state index contributed by atoms with van der Waals surface area (Å²) in [6.45, 7) is 3.52. The molecular formula is C12H12BrClN2O2S2. The third kappa shape index (κ3) is 3.11. The van der Waals surface area contributed by atoms with Gasteiger partial charge in [0.25, 0.3) is 10.0 Å². The third-order valence-corrected chi connectivity index (χ3v) is 6.22. The van der Waals surface area contributed by atoms with Gasteiger partial charge in [-0.15, -0.1) is 11.3 Å². The van der Waals surface area contributed by atoms with Gasteiger partial charge in [0.1, 0.15) is 4.90 Å². The van der Waals surface area contributed by atoms with Crippen LogP contribution in [0.3, 0.4) is 0 Å². The average molecular weight is 396 g/mol. The quantitative estimate of drug-likeness (QED) is 0.766. The largest absolute Gasteiger partial charge is 0.398 e. The molecule has 0 aliphatic heterocycles. The Balaban J connectivity index is 2.43. The van der Waals surface area contributed by atoms with Crippen LogP contribution in [0.1, 0.15) is 10.4 Å². The Kier molecular flexibility index (Phi) is 4.34. The van der Waals surface area contributed by atoms with E-state index in [1.54, 1.807) is 26.0 Å². The van der Waals surface area contributed by atoms with Crippen molar-refractivity contribution in [3.8, 4) is 0 Å². The van der Waals surface area contributed by atoms with Gasteiger partial charge in [-0.3, -0.25) is 4.72 Å². The molecule has 108 valence electrons. The number of hydrogen-bond acceptors (Lipinski definition) is 4. The molecule has 1 heterocycles. The monoisotopic (exact) mass is 394 g/mol. The SMILES string of the molecule is Cc1cc(N)c(Cl)cc1NS(=O)(=O)c1cc(Br)sc1C. The highest BCUT2D eigenvalue weighted by Crippen LogP contribution is 2.32. The molecule has 0 aliphatic carbocycles. The highest BCUT2D eigenvalue weighted by Gasteiger charge is 2.20. The number of nitrogen functional groups attached to an aromatic ring is 1. The van der Waals surface area contributed by atoms with Crippen LogP contribution in [0.15, 0.2) is 26.9 Å². The van der Waals surface area contributed by atoms with Crippen LogP contribution in [-0.4, -0.2) is 8.42 Å². The van der Waals surface area contributed by atoms with Crippen molar-refractivity contribution < 1.29 is 8.42 Å². The Hall–Kier alpha value is -0.760. The number of thiophene rings is 1. The summed E-state index contributed by atoms with van der Waals surface area (Å²) < 4.78 is 28.1. The topological polar surface area (TPSA) is 72.2 Å². The van der Waals surface area contributed by atoms with E-state index in [2.05, 4.69) is 20.7 Å². The maximum absolute atomic E-state index is 12.4. The van der Waals surface area contributed by atoms with Crippen LogP contribution in [0.2, 0.25) is 5.02 Å². The number of nitrogens with two attached hydrogens (primary N) is 1. The molecule has 0 spiro atoms. The standard InChI is InChI=1S/C12H12BrClN2O2S2/c1-6-3-9(15)8(14)4-10(6)16-20(17,18)11-5-12(13)19-7(11)2/h3-5,16H,15H2,1-2H3. The molecule has 0 amide bonds. The molecule has 1 aromatic carbocycles. The maximum Gasteiger partial charge on any atom is 0.263 e. The van der Waals surface area contributed by atoms with Crippen LogP contribution in [0.4, 0.5) is 11.4 Å². The first-order valence-electron chi connectivity index (χ1n) is 5.55. The molecule has 0 atom stereocenters. The van der Waals surface area contributed by atoms with Gasteiger partial charge in [0.2, 0.25) is 0 Å². The number of hydrogen-bond donors (Lipinski definition) is 2. The van der Waals surface area contributed by atoms with Gasteiger partial charge in [0.05, 0.1) is 20.2 Å². The summed E-state index contributed by atoms with van der Waals surface area (Å²) in [7, 11) is -3.64. The van der Waals surface area contributed by atoms with Crippen molar-refractivity contribution in [2.24, 2.45) is 0 Å². The lowest BCUT2D eigenvalue weighted by Crippen LogP contribution is -2.14. The van der Waals surface area contributed by atoms with Gasteiger partial charge in [-0.2, -0.15) is 0 Å². The van der Waals surface area contributed by atoms with Gasteiger partial charge in [-0.05, 0) is 53.5 Å². The molecule has 0 saturated heterocycles. The van der Waals surface area contributed by atoms with Crippen LogP contribution in [0.5, 0.6) is 0 Å². The van der Waals surface area contributed by atoms with E-state index in [0.29, 0.717) is 26.8 Å². The molecule has 2 rings (SSSR count). The number of halogens is 2. The minimum Gasteiger partial charge on any atom is -0.398 e. The predicted octanol–water partition coefficient (Wildman–Crippen LogP) is 4.16. The minimum atomic E-state index is -3.64. The zero-order valence-electron chi connectivity index (χ0n) is 10.7. The summed E-state index contributed by atoms with van der Waals surface area (Å²) in [5, 5.41) is 0.316. The fourth-order valence-corrected chi connectivity index (χ4v) is 5.41. The van der Waals surface area contributed by atoms with E-state index in [4.69, 9.17) is 17.3 Å². The first kappa shape index (κ1) is 15.6. The van der Waals surface area contributed by atoms with E-state index < -0.39 is 10.0 Å². The van der Waals surface area contributed by atoms with Gasteiger partial charge in [-0.1, -0.05) is 11.6 Å². The van der Waals surface area contributed by atoms with Crippen LogP contribution in [0, 0.1) is 13.8 Å². The van der Waals surface area contributed by atoms with Crippen molar-refractivity contribution in [3.63, 3.8) is 0 Å². The van der Waals surface area contributed by atoms with Crippen molar-refractivity contribution in [3.05, 3.63) is 37.4 Å². The van der Waals surface area contributed by atoms with Crippen molar-refractivity contribution in [2.75, 3.05) is 10.5 Å². The molecular weight excluding hydrogens is 384 g/mol. The summed E-state index contributed by atoms with van der Waals surface area (Å²) >= 11 is 10.6. The van der Waals surface area contributed by atoms with Crippen molar-refractivity contribution in [1.29, 1.82) is 0 Å². The van der Waals surface area contributed by atoms with Gasteiger partial charge < -0.3 is 5.73 Å². The zero-order chi connectivity index (χ0) is 15.1. The third-order valence-electron chi connectivity index (χ3n) is 2.72. The van der Waals surface area contributed by atoms with Gasteiger partial charge in [0.15, 0.2) is 0 Å². The summed E-state index contributed by atoms with van der Waals surface area (Å²) in [5.74, 6) is 0. The molecule has 3 N–H and O–H groups in total. The molecule has 2 aromatic rings. The second-order valence-corrected chi connectivity index (χ2v) is 8.96. The first-order chi connectivity index (χ1) is 9.20. The molecule has 0 saturated carbocycles. The Morgan fingerprint density at radius 3 is 2.50 bits per heavy atom.